The lowest BCUT2D eigenvalue weighted by molar-refractivity contribution is -0.145. The topological polar surface area (TPSA) is 100 Å². The van der Waals surface area contributed by atoms with Crippen LogP contribution in [0.3, 0.4) is 0 Å². The Morgan fingerprint density at radius 3 is 0.840 bits per heavy atom. The van der Waals surface area contributed by atoms with E-state index in [1.807, 2.05) is 0 Å². The Bertz CT molecular complexity index is 625. The molecule has 10 nitrogen and oxygen atoms in total. The molecule has 0 fully saturated rings. The second-order valence-electron chi connectivity index (χ2n) is 12.9. The molecule has 0 aromatic heterocycles. The molecule has 0 aromatic rings. The molecule has 0 bridgehead atoms. The van der Waals surface area contributed by atoms with Crippen molar-refractivity contribution >= 4 is 5.97 Å². The van der Waals surface area contributed by atoms with Gasteiger partial charge in [-0.25, -0.2) is 0 Å². The minimum absolute atomic E-state index is 0.130. The molecule has 0 rings (SSSR count). The van der Waals surface area contributed by atoms with Crippen molar-refractivity contribution in [3.05, 3.63) is 0 Å². The van der Waals surface area contributed by atoms with Crippen LogP contribution in [0.4, 0.5) is 0 Å². The van der Waals surface area contributed by atoms with Gasteiger partial charge in [-0.3, -0.25) is 4.79 Å². The average molecular weight is 721 g/mol. The fourth-order valence-corrected chi connectivity index (χ4v) is 5.20. The Labute approximate surface area is 307 Å². The summed E-state index contributed by atoms with van der Waals surface area (Å²) in [6.45, 7) is 13.5. The van der Waals surface area contributed by atoms with Gasteiger partial charge in [0.1, 0.15) is 6.61 Å². The third kappa shape index (κ3) is 45.2. The molecule has 50 heavy (non-hydrogen) atoms. The first-order chi connectivity index (χ1) is 24.8. The molecule has 0 radical (unpaired) electrons. The van der Waals surface area contributed by atoms with Crippen LogP contribution in [0.5, 0.6) is 0 Å². The van der Waals surface area contributed by atoms with Crippen LogP contribution in [0.25, 0.3) is 0 Å². The number of esters is 1. The minimum Gasteiger partial charge on any atom is -0.463 e. The molecule has 0 atom stereocenters. The summed E-state index contributed by atoms with van der Waals surface area (Å²) in [6, 6.07) is 0. The summed E-state index contributed by atoms with van der Waals surface area (Å²) in [5.41, 5.74) is 0. The van der Waals surface area contributed by atoms with Crippen LogP contribution in [0.2, 0.25) is 0 Å². The van der Waals surface area contributed by atoms with Crippen LogP contribution in [0, 0.1) is 0 Å². The van der Waals surface area contributed by atoms with Gasteiger partial charge in [0.2, 0.25) is 0 Å². The molecular formula is C40H80O10. The molecule has 0 aromatic carbocycles. The minimum atomic E-state index is -0.130. The average Bonchev–Trinajstić information content (AvgIpc) is 3.12. The first kappa shape index (κ1) is 49.1. The van der Waals surface area contributed by atoms with Gasteiger partial charge in [-0.2, -0.15) is 0 Å². The number of hydrogen-bond donors (Lipinski definition) is 0. The van der Waals surface area contributed by atoms with Crippen molar-refractivity contribution < 1.29 is 47.4 Å². The van der Waals surface area contributed by atoms with E-state index in [2.05, 4.69) is 13.8 Å². The van der Waals surface area contributed by atoms with Gasteiger partial charge >= 0.3 is 5.97 Å². The van der Waals surface area contributed by atoms with E-state index in [-0.39, 0.29) is 5.97 Å². The normalized spacial score (nSPS) is 11.5. The van der Waals surface area contributed by atoms with Crippen LogP contribution < -0.4 is 0 Å². The van der Waals surface area contributed by atoms with Crippen molar-refractivity contribution in [2.75, 3.05) is 112 Å². The van der Waals surface area contributed by atoms with Crippen LogP contribution in [0.15, 0.2) is 0 Å². The molecule has 0 unspecified atom stereocenters. The van der Waals surface area contributed by atoms with E-state index < -0.39 is 0 Å². The Hall–Kier alpha value is -0.850. The van der Waals surface area contributed by atoms with Crippen molar-refractivity contribution in [2.24, 2.45) is 0 Å². The lowest BCUT2D eigenvalue weighted by Crippen LogP contribution is -2.15. The summed E-state index contributed by atoms with van der Waals surface area (Å²) in [4.78, 5) is 11.8. The molecule has 0 aliphatic rings. The van der Waals surface area contributed by atoms with Crippen molar-refractivity contribution in [3.63, 3.8) is 0 Å². The predicted molar refractivity (Wildman–Crippen MR) is 201 cm³/mol. The highest BCUT2D eigenvalue weighted by atomic mass is 16.6. The van der Waals surface area contributed by atoms with Gasteiger partial charge in [0, 0.05) is 13.0 Å². The number of hydrogen-bond acceptors (Lipinski definition) is 10. The number of unbranched alkanes of at least 4 members (excludes halogenated alkanes) is 17. The van der Waals surface area contributed by atoms with Crippen molar-refractivity contribution in [1.29, 1.82) is 0 Å². The van der Waals surface area contributed by atoms with Gasteiger partial charge in [0.05, 0.1) is 99.1 Å². The molecule has 0 amide bonds. The fourth-order valence-electron chi connectivity index (χ4n) is 5.20. The Balaban J connectivity index is 3.10. The summed E-state index contributed by atoms with van der Waals surface area (Å²) in [6.07, 6.45) is 25.1. The smallest absolute Gasteiger partial charge is 0.305 e. The monoisotopic (exact) mass is 721 g/mol. The highest BCUT2D eigenvalue weighted by Gasteiger charge is 2.03. The zero-order valence-corrected chi connectivity index (χ0v) is 32.7. The molecule has 0 saturated carbocycles. The zero-order chi connectivity index (χ0) is 36.1. The third-order valence-corrected chi connectivity index (χ3v) is 8.22. The van der Waals surface area contributed by atoms with Gasteiger partial charge in [0.15, 0.2) is 0 Å². The Morgan fingerprint density at radius 2 is 0.520 bits per heavy atom. The zero-order valence-electron chi connectivity index (χ0n) is 32.7. The van der Waals surface area contributed by atoms with Crippen molar-refractivity contribution in [1.82, 2.24) is 0 Å². The van der Waals surface area contributed by atoms with Crippen LogP contribution >= 0.6 is 0 Å². The largest absolute Gasteiger partial charge is 0.463 e. The van der Waals surface area contributed by atoms with Crippen LogP contribution in [0.1, 0.15) is 142 Å². The molecule has 0 spiro atoms. The van der Waals surface area contributed by atoms with E-state index in [0.29, 0.717) is 112 Å². The summed E-state index contributed by atoms with van der Waals surface area (Å²) < 4.78 is 49.4. The van der Waals surface area contributed by atoms with E-state index >= 15 is 0 Å². The predicted octanol–water partition coefficient (Wildman–Crippen LogP) is 8.50. The number of ether oxygens (including phenoxy) is 9. The van der Waals surface area contributed by atoms with E-state index in [4.69, 9.17) is 42.6 Å². The maximum Gasteiger partial charge on any atom is 0.305 e. The van der Waals surface area contributed by atoms with Gasteiger partial charge in [-0.05, 0) is 12.8 Å². The molecule has 0 aliphatic carbocycles. The molecular weight excluding hydrogens is 640 g/mol. The standard InChI is InChI=1S/C40H80O10/c1-3-5-7-9-11-13-15-17-19-21-23-42-24-25-43-26-27-44-28-29-45-30-31-46-32-33-47-34-35-48-36-37-49-38-39-50-40(41)22-20-18-16-14-12-10-8-6-4-2/h3-39H2,1-2H3. The van der Waals surface area contributed by atoms with Gasteiger partial charge in [0.25, 0.3) is 0 Å². The van der Waals surface area contributed by atoms with E-state index in [1.54, 1.807) is 0 Å². The van der Waals surface area contributed by atoms with Gasteiger partial charge < -0.3 is 42.6 Å². The molecule has 0 N–H and O–H groups in total. The summed E-state index contributed by atoms with van der Waals surface area (Å²) in [7, 11) is 0. The highest BCUT2D eigenvalue weighted by Crippen LogP contribution is 2.11. The number of carbonyl (C=O) groups excluding carboxylic acids is 1. The summed E-state index contributed by atoms with van der Waals surface area (Å²) in [5, 5.41) is 0. The van der Waals surface area contributed by atoms with Crippen molar-refractivity contribution in [2.45, 2.75) is 142 Å². The van der Waals surface area contributed by atoms with E-state index in [1.165, 1.54) is 103 Å². The molecule has 0 saturated heterocycles. The van der Waals surface area contributed by atoms with Crippen LogP contribution in [-0.4, -0.2) is 118 Å². The van der Waals surface area contributed by atoms with E-state index in [9.17, 15) is 4.79 Å². The Kier molecular flexibility index (Phi) is 45.4. The third-order valence-electron chi connectivity index (χ3n) is 8.22. The fraction of sp³-hybridized carbons (Fsp3) is 0.975. The van der Waals surface area contributed by atoms with E-state index in [0.717, 1.165) is 25.9 Å². The highest BCUT2D eigenvalue weighted by molar-refractivity contribution is 5.69. The molecule has 0 aliphatic heterocycles. The molecule has 10 heteroatoms. The van der Waals surface area contributed by atoms with Crippen molar-refractivity contribution in [3.8, 4) is 0 Å². The lowest BCUT2D eigenvalue weighted by atomic mass is 10.1. The number of carbonyl (C=O) groups is 1. The summed E-state index contributed by atoms with van der Waals surface area (Å²) >= 11 is 0. The van der Waals surface area contributed by atoms with Crippen LogP contribution in [-0.2, 0) is 47.4 Å². The SMILES string of the molecule is CCCCCCCCCCCCOCCOCCOCCOCCOCCOCCOCCOCCOC(=O)CCCCCCCCCCC. The summed E-state index contributed by atoms with van der Waals surface area (Å²) in [5.74, 6) is -0.130. The van der Waals surface area contributed by atoms with Gasteiger partial charge in [-0.15, -0.1) is 0 Å². The first-order valence-electron chi connectivity index (χ1n) is 20.6. The van der Waals surface area contributed by atoms with Gasteiger partial charge in [-0.1, -0.05) is 123 Å². The second kappa shape index (κ2) is 46.2. The molecule has 300 valence electrons. The quantitative estimate of drug-likeness (QED) is 0.0450. The Morgan fingerprint density at radius 1 is 0.280 bits per heavy atom. The maximum atomic E-state index is 11.8. The number of rotatable bonds is 45. The first-order valence-corrected chi connectivity index (χ1v) is 20.6. The lowest BCUT2D eigenvalue weighted by Gasteiger charge is -2.09. The second-order valence-corrected chi connectivity index (χ2v) is 12.9. The maximum absolute atomic E-state index is 11.8. The molecule has 0 heterocycles.